The van der Waals surface area contributed by atoms with Gasteiger partial charge in [0.2, 0.25) is 0 Å². The summed E-state index contributed by atoms with van der Waals surface area (Å²) in [5.41, 5.74) is 4.56. The number of hydrogen-bond acceptors (Lipinski definition) is 3. The number of carboxylic acids is 1. The average Bonchev–Trinajstić information content (AvgIpc) is 2.73. The molecule has 2 aromatic rings. The molecule has 0 amide bonds. The van der Waals surface area contributed by atoms with E-state index in [1.807, 2.05) is 76.2 Å². The van der Waals surface area contributed by atoms with Crippen LogP contribution in [0.1, 0.15) is 133 Å². The van der Waals surface area contributed by atoms with Crippen LogP contribution in [0, 0.1) is 11.6 Å². The van der Waals surface area contributed by atoms with Crippen molar-refractivity contribution in [3.63, 3.8) is 0 Å². The highest BCUT2D eigenvalue weighted by molar-refractivity contribution is 5.74. The molecule has 6 heteroatoms. The first-order valence-corrected chi connectivity index (χ1v) is 13.4. The van der Waals surface area contributed by atoms with Crippen LogP contribution in [0.2, 0.25) is 0 Å². The molecule has 38 heavy (non-hydrogen) atoms. The Morgan fingerprint density at radius 3 is 1.21 bits per heavy atom. The predicted octanol–water partition coefficient (Wildman–Crippen LogP) is 8.66. The lowest BCUT2D eigenvalue weighted by molar-refractivity contribution is -0.154. The van der Waals surface area contributed by atoms with E-state index in [1.165, 1.54) is 24.3 Å². The summed E-state index contributed by atoms with van der Waals surface area (Å²) in [6.07, 6.45) is 0.153. The summed E-state index contributed by atoms with van der Waals surface area (Å²) in [6.45, 7) is 21.4. The van der Waals surface area contributed by atoms with Gasteiger partial charge in [0.05, 0.1) is 12.8 Å². The Morgan fingerprint density at radius 1 is 0.684 bits per heavy atom. The summed E-state index contributed by atoms with van der Waals surface area (Å²) in [6, 6.07) is 5.98. The van der Waals surface area contributed by atoms with E-state index in [0.717, 1.165) is 33.4 Å². The Bertz CT molecular complexity index is 1050. The molecule has 0 atom stereocenters. The van der Waals surface area contributed by atoms with Gasteiger partial charge in [-0.1, -0.05) is 55.4 Å². The number of aliphatic carboxylic acids is 1. The minimum absolute atomic E-state index is 0.0404. The summed E-state index contributed by atoms with van der Waals surface area (Å²) in [4.78, 5) is 23.1. The van der Waals surface area contributed by atoms with Crippen molar-refractivity contribution in [3.05, 3.63) is 69.3 Å². The zero-order valence-corrected chi connectivity index (χ0v) is 25.0. The van der Waals surface area contributed by atoms with Crippen molar-refractivity contribution in [1.29, 1.82) is 0 Å². The Kier molecular flexibility index (Phi) is 12.1. The van der Waals surface area contributed by atoms with Gasteiger partial charge in [-0.15, -0.1) is 0 Å². The van der Waals surface area contributed by atoms with Crippen molar-refractivity contribution in [1.82, 2.24) is 0 Å². The second-order valence-corrected chi connectivity index (χ2v) is 12.1. The van der Waals surface area contributed by atoms with Gasteiger partial charge in [0, 0.05) is 0 Å². The summed E-state index contributed by atoms with van der Waals surface area (Å²) in [7, 11) is 0. The zero-order valence-electron chi connectivity index (χ0n) is 25.0. The van der Waals surface area contributed by atoms with Gasteiger partial charge in [-0.05, 0) is 102 Å². The third-order valence-corrected chi connectivity index (χ3v) is 6.12. The maximum Gasteiger partial charge on any atom is 0.310 e. The molecule has 2 rings (SSSR count). The van der Waals surface area contributed by atoms with Crippen molar-refractivity contribution >= 4 is 11.9 Å². The molecular formula is C32H46F2O4. The number of carbonyl (C=O) groups excluding carboxylic acids is 1. The molecule has 0 aliphatic carbocycles. The lowest BCUT2D eigenvalue weighted by Gasteiger charge is -2.23. The Hall–Kier alpha value is -2.76. The van der Waals surface area contributed by atoms with Crippen LogP contribution >= 0.6 is 0 Å². The topological polar surface area (TPSA) is 63.6 Å². The number of benzene rings is 2. The van der Waals surface area contributed by atoms with Crippen molar-refractivity contribution in [3.8, 4) is 0 Å². The lowest BCUT2D eigenvalue weighted by Crippen LogP contribution is -2.25. The van der Waals surface area contributed by atoms with Crippen molar-refractivity contribution in [2.45, 2.75) is 118 Å². The standard InChI is InChI=1S/C18H27FO2.C14H19FO2/c1-11(2)14-8-13(19)9-15(12(3)4)16(14)10-17(20)21-18(5,6)7;1-8(2)11-5-10(15)6-12(9(3)4)13(11)7-14(16)17/h8-9,11-12H,10H2,1-7H3;5-6,8-9H,7H2,1-4H3,(H,16,17). The van der Waals surface area contributed by atoms with Crippen LogP contribution in [0.4, 0.5) is 8.78 Å². The van der Waals surface area contributed by atoms with Crippen molar-refractivity contribution in [2.24, 2.45) is 0 Å². The van der Waals surface area contributed by atoms with Crippen LogP contribution in [0.15, 0.2) is 24.3 Å². The summed E-state index contributed by atoms with van der Waals surface area (Å²) in [5, 5.41) is 8.95. The van der Waals surface area contributed by atoms with E-state index in [9.17, 15) is 18.4 Å². The molecule has 0 saturated carbocycles. The first kappa shape index (κ1) is 33.3. The van der Waals surface area contributed by atoms with Crippen molar-refractivity contribution in [2.75, 3.05) is 0 Å². The largest absolute Gasteiger partial charge is 0.481 e. The number of esters is 1. The summed E-state index contributed by atoms with van der Waals surface area (Å²) < 4.78 is 32.7. The van der Waals surface area contributed by atoms with E-state index in [1.54, 1.807) is 0 Å². The Labute approximate surface area is 227 Å². The molecule has 0 radical (unpaired) electrons. The third-order valence-electron chi connectivity index (χ3n) is 6.12. The van der Waals surface area contributed by atoms with Crippen LogP contribution in [-0.2, 0) is 27.2 Å². The first-order chi connectivity index (χ1) is 17.3. The molecule has 212 valence electrons. The van der Waals surface area contributed by atoms with E-state index in [4.69, 9.17) is 9.84 Å². The molecule has 4 nitrogen and oxygen atoms in total. The van der Waals surface area contributed by atoms with Crippen LogP contribution in [0.25, 0.3) is 0 Å². The smallest absolute Gasteiger partial charge is 0.310 e. The third kappa shape index (κ3) is 10.2. The summed E-state index contributed by atoms with van der Waals surface area (Å²) >= 11 is 0. The van der Waals surface area contributed by atoms with Crippen LogP contribution in [0.3, 0.4) is 0 Å². The fourth-order valence-corrected chi connectivity index (χ4v) is 4.50. The number of hydrogen-bond donors (Lipinski definition) is 1. The second kappa shape index (κ2) is 13.9. The molecule has 0 unspecified atom stereocenters. The minimum atomic E-state index is -0.875. The van der Waals surface area contributed by atoms with Crippen LogP contribution < -0.4 is 0 Å². The lowest BCUT2D eigenvalue weighted by atomic mass is 9.87. The minimum Gasteiger partial charge on any atom is -0.481 e. The average molecular weight is 533 g/mol. The molecular weight excluding hydrogens is 486 g/mol. The molecule has 0 bridgehead atoms. The van der Waals surface area contributed by atoms with Gasteiger partial charge in [0.1, 0.15) is 17.2 Å². The van der Waals surface area contributed by atoms with E-state index < -0.39 is 11.6 Å². The Morgan fingerprint density at radius 2 is 0.974 bits per heavy atom. The monoisotopic (exact) mass is 532 g/mol. The molecule has 0 aliphatic rings. The number of carbonyl (C=O) groups is 2. The number of carboxylic acid groups (broad SMARTS) is 1. The molecule has 0 aliphatic heterocycles. The highest BCUT2D eigenvalue weighted by Gasteiger charge is 2.22. The SMILES string of the molecule is CC(C)c1cc(F)cc(C(C)C)c1CC(=O)O.CC(C)c1cc(F)cc(C(C)C)c1CC(=O)OC(C)(C)C. The maximum absolute atomic E-state index is 13.8. The molecule has 0 saturated heterocycles. The number of ether oxygens (including phenoxy) is 1. The predicted molar refractivity (Wildman–Crippen MR) is 150 cm³/mol. The normalized spacial score (nSPS) is 11.7. The molecule has 2 aromatic carbocycles. The zero-order chi connectivity index (χ0) is 29.5. The van der Waals surface area contributed by atoms with E-state index >= 15 is 0 Å². The van der Waals surface area contributed by atoms with Crippen LogP contribution in [-0.4, -0.2) is 22.6 Å². The molecule has 0 spiro atoms. The van der Waals surface area contributed by atoms with E-state index in [0.29, 0.717) is 0 Å². The Balaban J connectivity index is 0.000000389. The fraction of sp³-hybridized carbons (Fsp3) is 0.562. The van der Waals surface area contributed by atoms with Gasteiger partial charge in [-0.3, -0.25) is 9.59 Å². The van der Waals surface area contributed by atoms with E-state index in [-0.39, 0.29) is 54.1 Å². The van der Waals surface area contributed by atoms with E-state index in [2.05, 4.69) is 0 Å². The molecule has 0 fully saturated rings. The van der Waals surface area contributed by atoms with Gasteiger partial charge >= 0.3 is 11.9 Å². The fourth-order valence-electron chi connectivity index (χ4n) is 4.50. The highest BCUT2D eigenvalue weighted by Crippen LogP contribution is 2.31. The molecule has 0 aromatic heterocycles. The van der Waals surface area contributed by atoms with Gasteiger partial charge < -0.3 is 9.84 Å². The van der Waals surface area contributed by atoms with Crippen molar-refractivity contribution < 1.29 is 28.2 Å². The quantitative estimate of drug-likeness (QED) is 0.346. The first-order valence-electron chi connectivity index (χ1n) is 13.4. The van der Waals surface area contributed by atoms with Gasteiger partial charge in [-0.2, -0.15) is 0 Å². The van der Waals surface area contributed by atoms with Gasteiger partial charge in [-0.25, -0.2) is 8.78 Å². The molecule has 0 heterocycles. The maximum atomic E-state index is 13.8. The number of halogens is 2. The molecule has 1 N–H and O–H groups in total. The number of rotatable bonds is 8. The second-order valence-electron chi connectivity index (χ2n) is 12.1. The van der Waals surface area contributed by atoms with Crippen LogP contribution in [0.5, 0.6) is 0 Å². The van der Waals surface area contributed by atoms with Gasteiger partial charge in [0.25, 0.3) is 0 Å². The van der Waals surface area contributed by atoms with Gasteiger partial charge in [0.15, 0.2) is 0 Å². The highest BCUT2D eigenvalue weighted by atomic mass is 19.1. The summed E-state index contributed by atoms with van der Waals surface area (Å²) in [5.74, 6) is -1.10.